The van der Waals surface area contributed by atoms with Gasteiger partial charge in [0.15, 0.2) is 0 Å². The summed E-state index contributed by atoms with van der Waals surface area (Å²) < 4.78 is 0. The van der Waals surface area contributed by atoms with Crippen molar-refractivity contribution >= 4 is 17.7 Å². The molecule has 0 radical (unpaired) electrons. The Balaban J connectivity index is 1.77. The topological polar surface area (TPSA) is 114 Å². The maximum atomic E-state index is 11.3. The zero-order valence-electron chi connectivity index (χ0n) is 17.5. The molecule has 0 amide bonds. The molecule has 158 valence electrons. The van der Waals surface area contributed by atoms with Crippen LogP contribution >= 0.6 is 0 Å². The van der Waals surface area contributed by atoms with Crippen molar-refractivity contribution in [3.8, 4) is 0 Å². The average molecular weight is 400 g/mol. The van der Waals surface area contributed by atoms with Crippen molar-refractivity contribution in [2.75, 3.05) is 17.6 Å². The molecule has 7 nitrogen and oxygen atoms in total. The predicted octanol–water partition coefficient (Wildman–Crippen LogP) is 4.20. The molecule has 0 aliphatic carbocycles. The van der Waals surface area contributed by atoms with Crippen LogP contribution in [0.3, 0.4) is 0 Å². The van der Waals surface area contributed by atoms with E-state index in [-0.39, 0.29) is 12.3 Å². The first kappa shape index (κ1) is 22.6. The summed E-state index contributed by atoms with van der Waals surface area (Å²) in [5.74, 6) is 0.342. The van der Waals surface area contributed by atoms with Crippen molar-refractivity contribution in [2.24, 2.45) is 0 Å². The number of pyridine rings is 1. The SMILES string of the molecule is CCNc1cc(CCCCCCC(CC(=O)O)c2ccc(CC)nc2)nc(N)n1. The highest BCUT2D eigenvalue weighted by Gasteiger charge is 2.16. The van der Waals surface area contributed by atoms with Crippen LogP contribution in [0.2, 0.25) is 0 Å². The van der Waals surface area contributed by atoms with Crippen molar-refractivity contribution < 1.29 is 9.90 Å². The molecule has 0 bridgehead atoms. The van der Waals surface area contributed by atoms with E-state index in [2.05, 4.69) is 27.2 Å². The molecule has 0 saturated heterocycles. The molecule has 2 aromatic rings. The van der Waals surface area contributed by atoms with Crippen molar-refractivity contribution in [1.29, 1.82) is 0 Å². The van der Waals surface area contributed by atoms with Crippen molar-refractivity contribution in [2.45, 2.75) is 71.1 Å². The van der Waals surface area contributed by atoms with Crippen molar-refractivity contribution in [1.82, 2.24) is 15.0 Å². The highest BCUT2D eigenvalue weighted by Crippen LogP contribution is 2.26. The van der Waals surface area contributed by atoms with Gasteiger partial charge in [-0.15, -0.1) is 0 Å². The lowest BCUT2D eigenvalue weighted by atomic mass is 9.91. The van der Waals surface area contributed by atoms with Gasteiger partial charge in [-0.2, -0.15) is 4.98 Å². The summed E-state index contributed by atoms with van der Waals surface area (Å²) in [7, 11) is 0. The zero-order chi connectivity index (χ0) is 21.1. The molecule has 1 atom stereocenters. The van der Waals surface area contributed by atoms with Crippen LogP contribution in [0, 0.1) is 0 Å². The minimum atomic E-state index is -0.757. The Morgan fingerprint density at radius 2 is 1.93 bits per heavy atom. The lowest BCUT2D eigenvalue weighted by Gasteiger charge is -2.15. The Morgan fingerprint density at radius 1 is 1.14 bits per heavy atom. The van der Waals surface area contributed by atoms with E-state index in [1.165, 1.54) is 0 Å². The second-order valence-corrected chi connectivity index (χ2v) is 7.32. The average Bonchev–Trinajstić information content (AvgIpc) is 2.69. The molecule has 29 heavy (non-hydrogen) atoms. The van der Waals surface area contributed by atoms with Gasteiger partial charge in [0.25, 0.3) is 0 Å². The van der Waals surface area contributed by atoms with Gasteiger partial charge in [0, 0.05) is 30.2 Å². The van der Waals surface area contributed by atoms with Crippen LogP contribution in [-0.4, -0.2) is 32.6 Å². The molecule has 0 saturated carbocycles. The lowest BCUT2D eigenvalue weighted by Crippen LogP contribution is -2.07. The number of carbonyl (C=O) groups is 1. The van der Waals surface area contributed by atoms with E-state index in [1.54, 1.807) is 0 Å². The molecule has 1 unspecified atom stereocenters. The van der Waals surface area contributed by atoms with E-state index in [0.717, 1.165) is 74.3 Å². The summed E-state index contributed by atoms with van der Waals surface area (Å²) >= 11 is 0. The molecule has 0 fully saturated rings. The quantitative estimate of drug-likeness (QED) is 0.432. The standard InChI is InChI=1S/C22H33N5O2/c1-3-18-12-11-17(15-25-18)16(13-21(28)29)9-7-5-6-8-10-19-14-20(24-4-2)27-22(23)26-19/h11-12,14-16H,3-10,13H2,1-2H3,(H,28,29)(H3,23,24,26,27). The molecule has 2 aromatic heterocycles. The molecule has 0 aromatic carbocycles. The Labute approximate surface area is 173 Å². The van der Waals surface area contributed by atoms with E-state index < -0.39 is 5.97 Å². The fraction of sp³-hybridized carbons (Fsp3) is 0.545. The number of nitrogens with two attached hydrogens (primary N) is 1. The Kier molecular flexibility index (Phi) is 9.34. The number of aryl methyl sites for hydroxylation is 2. The van der Waals surface area contributed by atoms with E-state index in [1.807, 2.05) is 31.3 Å². The number of hydrogen-bond donors (Lipinski definition) is 3. The number of nitrogens with one attached hydrogen (secondary N) is 1. The van der Waals surface area contributed by atoms with E-state index in [0.29, 0.717) is 5.95 Å². The maximum Gasteiger partial charge on any atom is 0.303 e. The molecule has 0 aliphatic rings. The Morgan fingerprint density at radius 3 is 2.59 bits per heavy atom. The minimum Gasteiger partial charge on any atom is -0.481 e. The Bertz CT molecular complexity index is 764. The highest BCUT2D eigenvalue weighted by atomic mass is 16.4. The van der Waals surface area contributed by atoms with Gasteiger partial charge in [0.2, 0.25) is 5.95 Å². The number of nitrogen functional groups attached to an aromatic ring is 1. The fourth-order valence-corrected chi connectivity index (χ4v) is 3.45. The molecule has 2 heterocycles. The van der Waals surface area contributed by atoms with Gasteiger partial charge in [0.1, 0.15) is 5.82 Å². The van der Waals surface area contributed by atoms with E-state index >= 15 is 0 Å². The van der Waals surface area contributed by atoms with E-state index in [9.17, 15) is 9.90 Å². The fourth-order valence-electron chi connectivity index (χ4n) is 3.45. The van der Waals surface area contributed by atoms with E-state index in [4.69, 9.17) is 5.73 Å². The first-order valence-electron chi connectivity index (χ1n) is 10.6. The third-order valence-electron chi connectivity index (χ3n) is 4.99. The number of hydrogen-bond acceptors (Lipinski definition) is 6. The number of anilines is 2. The van der Waals surface area contributed by atoms with Gasteiger partial charge >= 0.3 is 5.97 Å². The van der Waals surface area contributed by atoms with Crippen LogP contribution in [0.1, 0.15) is 75.2 Å². The van der Waals surface area contributed by atoms with Crippen molar-refractivity contribution in [3.63, 3.8) is 0 Å². The van der Waals surface area contributed by atoms with Gasteiger partial charge in [-0.05, 0) is 50.2 Å². The number of aliphatic carboxylic acids is 1. The van der Waals surface area contributed by atoms with Gasteiger partial charge < -0.3 is 16.2 Å². The smallest absolute Gasteiger partial charge is 0.303 e. The van der Waals surface area contributed by atoms with Crippen LogP contribution in [0.4, 0.5) is 11.8 Å². The van der Waals surface area contributed by atoms with Crippen LogP contribution in [0.5, 0.6) is 0 Å². The molecular weight excluding hydrogens is 366 g/mol. The Hall–Kier alpha value is -2.70. The number of rotatable bonds is 13. The molecule has 0 spiro atoms. The summed E-state index contributed by atoms with van der Waals surface area (Å²) in [5, 5.41) is 12.4. The number of carboxylic acids is 1. The third-order valence-corrected chi connectivity index (χ3v) is 4.99. The summed E-state index contributed by atoms with van der Waals surface area (Å²) in [4.78, 5) is 24.1. The number of aromatic nitrogens is 3. The molecule has 2 rings (SSSR count). The third kappa shape index (κ3) is 8.05. The monoisotopic (exact) mass is 399 g/mol. The first-order chi connectivity index (χ1) is 14.0. The number of carboxylic acid groups (broad SMARTS) is 1. The highest BCUT2D eigenvalue weighted by molar-refractivity contribution is 5.68. The second-order valence-electron chi connectivity index (χ2n) is 7.32. The minimum absolute atomic E-state index is 0.0234. The number of unbranched alkanes of at least 4 members (excludes halogenated alkanes) is 3. The van der Waals surface area contributed by atoms with Gasteiger partial charge in [-0.1, -0.05) is 32.3 Å². The van der Waals surface area contributed by atoms with Crippen molar-refractivity contribution in [3.05, 3.63) is 41.3 Å². The predicted molar refractivity (Wildman–Crippen MR) is 116 cm³/mol. The maximum absolute atomic E-state index is 11.3. The lowest BCUT2D eigenvalue weighted by molar-refractivity contribution is -0.137. The number of nitrogens with zero attached hydrogens (tertiary/aromatic N) is 3. The molecule has 4 N–H and O–H groups in total. The summed E-state index contributed by atoms with van der Waals surface area (Å²) in [6.45, 7) is 4.88. The normalized spacial score (nSPS) is 11.9. The zero-order valence-corrected chi connectivity index (χ0v) is 17.5. The second kappa shape index (κ2) is 12.0. The van der Waals surface area contributed by atoms with Gasteiger partial charge in [0.05, 0.1) is 6.42 Å². The molecule has 7 heteroatoms. The van der Waals surface area contributed by atoms with Gasteiger partial charge in [-0.25, -0.2) is 4.98 Å². The summed E-state index contributed by atoms with van der Waals surface area (Å²) in [6, 6.07) is 5.98. The first-order valence-corrected chi connectivity index (χ1v) is 10.6. The largest absolute Gasteiger partial charge is 0.481 e. The van der Waals surface area contributed by atoms with Crippen LogP contribution < -0.4 is 11.1 Å². The molecule has 0 aliphatic heterocycles. The van der Waals surface area contributed by atoms with Crippen LogP contribution in [0.25, 0.3) is 0 Å². The summed E-state index contributed by atoms with van der Waals surface area (Å²) in [6.07, 6.45) is 8.79. The van der Waals surface area contributed by atoms with Crippen LogP contribution in [-0.2, 0) is 17.6 Å². The summed E-state index contributed by atoms with van der Waals surface area (Å²) in [5.41, 5.74) is 8.79. The van der Waals surface area contributed by atoms with Crippen LogP contribution in [0.15, 0.2) is 24.4 Å². The van der Waals surface area contributed by atoms with Gasteiger partial charge in [-0.3, -0.25) is 9.78 Å². The molecular formula is C22H33N5O2.